The number of benzene rings is 2. The number of carbonyl (C=O) groups excluding carboxylic acids is 1. The lowest BCUT2D eigenvalue weighted by Crippen LogP contribution is -2.14. The highest BCUT2D eigenvalue weighted by Crippen LogP contribution is 2.30. The van der Waals surface area contributed by atoms with E-state index < -0.39 is 0 Å². The van der Waals surface area contributed by atoms with Crippen molar-refractivity contribution in [2.75, 3.05) is 11.1 Å². The molecule has 2 aromatic carbocycles. The molecule has 1 amide bonds. The van der Waals surface area contributed by atoms with Gasteiger partial charge in [-0.1, -0.05) is 47.1 Å². The lowest BCUT2D eigenvalue weighted by atomic mass is 10.2. The minimum absolute atomic E-state index is 0.158. The van der Waals surface area contributed by atoms with E-state index in [4.69, 9.17) is 27.6 Å². The van der Waals surface area contributed by atoms with E-state index in [0.29, 0.717) is 33.3 Å². The molecule has 0 aliphatic rings. The molecule has 0 spiro atoms. The number of anilines is 1. The maximum absolute atomic E-state index is 12.4. The van der Waals surface area contributed by atoms with Crippen LogP contribution in [0, 0.1) is 0 Å². The van der Waals surface area contributed by atoms with Gasteiger partial charge in [0.05, 0.1) is 23.6 Å². The Bertz CT molecular complexity index is 1140. The molecule has 0 saturated heterocycles. The van der Waals surface area contributed by atoms with Gasteiger partial charge in [0.25, 0.3) is 0 Å². The summed E-state index contributed by atoms with van der Waals surface area (Å²) < 4.78 is 7.38. The van der Waals surface area contributed by atoms with Crippen molar-refractivity contribution in [1.82, 2.24) is 14.8 Å². The Kier molecular flexibility index (Phi) is 6.42. The van der Waals surface area contributed by atoms with Crippen molar-refractivity contribution in [3.8, 4) is 11.4 Å². The molecule has 0 atom stereocenters. The SMILES string of the molecule is O=C(CSc1nnc(-c2ccccc2Cl)n1Cc1ccco1)Nc1ccc(Cl)cc1. The normalized spacial score (nSPS) is 10.9. The predicted octanol–water partition coefficient (Wildman–Crippen LogP) is 5.62. The first-order valence-electron chi connectivity index (χ1n) is 8.99. The summed E-state index contributed by atoms with van der Waals surface area (Å²) in [5.41, 5.74) is 1.44. The van der Waals surface area contributed by atoms with E-state index in [-0.39, 0.29) is 11.7 Å². The fraction of sp³-hybridized carbons (Fsp3) is 0.0952. The summed E-state index contributed by atoms with van der Waals surface area (Å²) in [6.07, 6.45) is 1.61. The fourth-order valence-corrected chi connectivity index (χ4v) is 3.88. The standard InChI is InChI=1S/C21H16Cl2N4O2S/c22-14-7-9-15(10-8-14)24-19(28)13-30-21-26-25-20(17-5-1-2-6-18(17)23)27(21)12-16-4-3-11-29-16/h1-11H,12-13H2,(H,24,28). The first-order chi connectivity index (χ1) is 14.6. The number of aromatic nitrogens is 3. The number of furan rings is 1. The third-order valence-corrected chi connectivity index (χ3v) is 5.73. The average Bonchev–Trinajstić information content (AvgIpc) is 3.39. The summed E-state index contributed by atoms with van der Waals surface area (Å²) in [6, 6.07) is 18.1. The number of hydrogen-bond donors (Lipinski definition) is 1. The molecule has 0 unspecified atom stereocenters. The van der Waals surface area contributed by atoms with Crippen molar-refractivity contribution in [1.29, 1.82) is 0 Å². The lowest BCUT2D eigenvalue weighted by molar-refractivity contribution is -0.113. The van der Waals surface area contributed by atoms with E-state index in [0.717, 1.165) is 11.3 Å². The van der Waals surface area contributed by atoms with Crippen LogP contribution >= 0.6 is 35.0 Å². The Hall–Kier alpha value is -2.74. The van der Waals surface area contributed by atoms with Crippen molar-refractivity contribution in [2.45, 2.75) is 11.7 Å². The molecule has 0 radical (unpaired) electrons. The molecule has 30 heavy (non-hydrogen) atoms. The summed E-state index contributed by atoms with van der Waals surface area (Å²) in [7, 11) is 0. The van der Waals surface area contributed by atoms with Crippen LogP contribution in [0.3, 0.4) is 0 Å². The van der Waals surface area contributed by atoms with E-state index in [1.807, 2.05) is 34.9 Å². The van der Waals surface area contributed by atoms with Crippen molar-refractivity contribution < 1.29 is 9.21 Å². The maximum atomic E-state index is 12.4. The van der Waals surface area contributed by atoms with Gasteiger partial charge < -0.3 is 9.73 Å². The summed E-state index contributed by atoms with van der Waals surface area (Å²) >= 11 is 13.5. The second kappa shape index (κ2) is 9.38. The fourth-order valence-electron chi connectivity index (χ4n) is 2.80. The summed E-state index contributed by atoms with van der Waals surface area (Å²) in [6.45, 7) is 0.418. The van der Waals surface area contributed by atoms with Crippen LogP contribution in [0.2, 0.25) is 10.0 Å². The van der Waals surface area contributed by atoms with Crippen LogP contribution in [0.1, 0.15) is 5.76 Å². The van der Waals surface area contributed by atoms with Gasteiger partial charge in [-0.05, 0) is 48.5 Å². The molecule has 152 valence electrons. The molecule has 4 rings (SSSR count). The third kappa shape index (κ3) is 4.87. The molecule has 0 aliphatic carbocycles. The molecule has 1 N–H and O–H groups in total. The molecule has 2 heterocycles. The van der Waals surface area contributed by atoms with Crippen LogP contribution in [-0.2, 0) is 11.3 Å². The molecule has 4 aromatic rings. The Morgan fingerprint density at radius 1 is 1.03 bits per heavy atom. The highest BCUT2D eigenvalue weighted by molar-refractivity contribution is 7.99. The average molecular weight is 459 g/mol. The zero-order valence-corrected chi connectivity index (χ0v) is 17.9. The Labute approximate surface area is 187 Å². The van der Waals surface area contributed by atoms with E-state index in [2.05, 4.69) is 15.5 Å². The quantitative estimate of drug-likeness (QED) is 0.363. The number of carbonyl (C=O) groups is 1. The summed E-state index contributed by atoms with van der Waals surface area (Å²) in [5, 5.41) is 13.2. The first-order valence-corrected chi connectivity index (χ1v) is 10.7. The number of nitrogens with zero attached hydrogens (tertiary/aromatic N) is 3. The zero-order chi connectivity index (χ0) is 20.9. The highest BCUT2D eigenvalue weighted by atomic mass is 35.5. The van der Waals surface area contributed by atoms with Gasteiger partial charge >= 0.3 is 0 Å². The van der Waals surface area contributed by atoms with Crippen LogP contribution in [0.15, 0.2) is 76.5 Å². The number of rotatable bonds is 7. The van der Waals surface area contributed by atoms with Gasteiger partial charge in [-0.2, -0.15) is 0 Å². The van der Waals surface area contributed by atoms with Gasteiger partial charge in [-0.15, -0.1) is 10.2 Å². The predicted molar refractivity (Wildman–Crippen MR) is 119 cm³/mol. The lowest BCUT2D eigenvalue weighted by Gasteiger charge is -2.10. The molecule has 6 nitrogen and oxygen atoms in total. The third-order valence-electron chi connectivity index (χ3n) is 4.19. The van der Waals surface area contributed by atoms with Crippen LogP contribution in [0.4, 0.5) is 5.69 Å². The zero-order valence-electron chi connectivity index (χ0n) is 15.6. The van der Waals surface area contributed by atoms with Crippen molar-refractivity contribution in [3.05, 3.63) is 82.7 Å². The number of nitrogens with one attached hydrogen (secondary N) is 1. The van der Waals surface area contributed by atoms with Gasteiger partial charge in [0.15, 0.2) is 11.0 Å². The maximum Gasteiger partial charge on any atom is 0.234 e. The Morgan fingerprint density at radius 3 is 2.57 bits per heavy atom. The minimum atomic E-state index is -0.158. The second-order valence-electron chi connectivity index (χ2n) is 6.30. The number of hydrogen-bond acceptors (Lipinski definition) is 5. The van der Waals surface area contributed by atoms with Crippen LogP contribution in [0.25, 0.3) is 11.4 Å². The summed E-state index contributed by atoms with van der Waals surface area (Å²) in [4.78, 5) is 12.4. The van der Waals surface area contributed by atoms with Crippen LogP contribution in [0.5, 0.6) is 0 Å². The largest absolute Gasteiger partial charge is 0.467 e. The number of amides is 1. The molecule has 0 fully saturated rings. The van der Waals surface area contributed by atoms with Crippen LogP contribution < -0.4 is 5.32 Å². The first kappa shape index (κ1) is 20.5. The molecule has 9 heteroatoms. The molecule has 0 saturated carbocycles. The van der Waals surface area contributed by atoms with Gasteiger partial charge in [-0.3, -0.25) is 9.36 Å². The van der Waals surface area contributed by atoms with Gasteiger partial charge in [0.1, 0.15) is 5.76 Å². The Balaban J connectivity index is 1.54. The van der Waals surface area contributed by atoms with Gasteiger partial charge in [0, 0.05) is 16.3 Å². The molecule has 0 aliphatic heterocycles. The van der Waals surface area contributed by atoms with E-state index in [9.17, 15) is 4.79 Å². The van der Waals surface area contributed by atoms with Crippen molar-refractivity contribution in [2.24, 2.45) is 0 Å². The minimum Gasteiger partial charge on any atom is -0.467 e. The molecule has 0 bridgehead atoms. The second-order valence-corrected chi connectivity index (χ2v) is 8.08. The van der Waals surface area contributed by atoms with Crippen molar-refractivity contribution in [3.63, 3.8) is 0 Å². The Morgan fingerprint density at radius 2 is 1.83 bits per heavy atom. The van der Waals surface area contributed by atoms with E-state index in [1.165, 1.54) is 11.8 Å². The smallest absolute Gasteiger partial charge is 0.234 e. The summed E-state index contributed by atoms with van der Waals surface area (Å²) in [5.74, 6) is 1.36. The number of thioether (sulfide) groups is 1. The van der Waals surface area contributed by atoms with E-state index in [1.54, 1.807) is 36.6 Å². The van der Waals surface area contributed by atoms with Crippen LogP contribution in [-0.4, -0.2) is 26.4 Å². The topological polar surface area (TPSA) is 73.0 Å². The van der Waals surface area contributed by atoms with Gasteiger partial charge in [-0.25, -0.2) is 0 Å². The van der Waals surface area contributed by atoms with E-state index >= 15 is 0 Å². The van der Waals surface area contributed by atoms with Gasteiger partial charge in [0.2, 0.25) is 5.91 Å². The highest BCUT2D eigenvalue weighted by Gasteiger charge is 2.18. The van der Waals surface area contributed by atoms with Crippen molar-refractivity contribution >= 4 is 46.6 Å². The monoisotopic (exact) mass is 458 g/mol. The molecular weight excluding hydrogens is 443 g/mol. The molecule has 2 aromatic heterocycles. The molecular formula is C21H16Cl2N4O2S. The number of halogens is 2.